The van der Waals surface area contributed by atoms with Gasteiger partial charge in [0.1, 0.15) is 0 Å². The molecular weight excluding hydrogens is 240 g/mol. The number of nitrogens with zero attached hydrogens (tertiary/aromatic N) is 1. The molecular formula is C11H14N2O3S. The summed E-state index contributed by atoms with van der Waals surface area (Å²) in [4.78, 5) is 24.2. The van der Waals surface area contributed by atoms with Gasteiger partial charge < -0.3 is 4.74 Å². The topological polar surface area (TPSA) is 67.8 Å². The number of hydrazone groups is 1. The predicted molar refractivity (Wildman–Crippen MR) is 66.1 cm³/mol. The van der Waals surface area contributed by atoms with Crippen molar-refractivity contribution < 1.29 is 14.3 Å². The van der Waals surface area contributed by atoms with Gasteiger partial charge in [0.2, 0.25) is 0 Å². The summed E-state index contributed by atoms with van der Waals surface area (Å²) in [6.45, 7) is 3.86. The van der Waals surface area contributed by atoms with Crippen molar-refractivity contribution in [2.24, 2.45) is 5.10 Å². The zero-order chi connectivity index (χ0) is 12.7. The molecule has 0 aliphatic rings. The smallest absolute Gasteiger partial charge is 0.398 e. The van der Waals surface area contributed by atoms with Crippen molar-refractivity contribution in [3.8, 4) is 0 Å². The third-order valence-electron chi connectivity index (χ3n) is 1.85. The Bertz CT molecular complexity index is 426. The van der Waals surface area contributed by atoms with Gasteiger partial charge in [-0.15, -0.1) is 11.3 Å². The molecule has 0 fully saturated rings. The second kappa shape index (κ2) is 6.80. The molecule has 6 heteroatoms. The number of carbonyl (C=O) groups is 2. The lowest BCUT2D eigenvalue weighted by Crippen LogP contribution is -2.28. The van der Waals surface area contributed by atoms with Crippen molar-refractivity contribution >= 4 is 29.4 Å². The quantitative estimate of drug-likeness (QED) is 0.381. The van der Waals surface area contributed by atoms with E-state index in [0.717, 1.165) is 11.3 Å². The molecule has 0 atom stereocenters. The number of thiophene rings is 1. The summed E-state index contributed by atoms with van der Waals surface area (Å²) in [7, 11) is 0. The molecule has 0 saturated carbocycles. The molecule has 17 heavy (non-hydrogen) atoms. The Morgan fingerprint density at radius 2 is 2.24 bits per heavy atom. The van der Waals surface area contributed by atoms with Crippen molar-refractivity contribution in [2.45, 2.75) is 20.3 Å². The van der Waals surface area contributed by atoms with Crippen molar-refractivity contribution in [1.29, 1.82) is 0 Å². The van der Waals surface area contributed by atoms with Crippen molar-refractivity contribution in [2.75, 3.05) is 6.61 Å². The van der Waals surface area contributed by atoms with E-state index >= 15 is 0 Å². The molecule has 1 rings (SSSR count). The lowest BCUT2D eigenvalue weighted by molar-refractivity contribution is -0.154. The fourth-order valence-corrected chi connectivity index (χ4v) is 1.88. The Labute approximate surface area is 103 Å². The van der Waals surface area contributed by atoms with Crippen LogP contribution in [0.3, 0.4) is 0 Å². The van der Waals surface area contributed by atoms with E-state index in [4.69, 9.17) is 0 Å². The van der Waals surface area contributed by atoms with Crippen LogP contribution >= 0.6 is 11.3 Å². The summed E-state index contributed by atoms with van der Waals surface area (Å²) >= 11 is 1.59. The van der Waals surface area contributed by atoms with Gasteiger partial charge in [0.15, 0.2) is 0 Å². The summed E-state index contributed by atoms with van der Waals surface area (Å²) in [5, 5.41) is 3.68. The molecule has 1 N–H and O–H groups in total. The Morgan fingerprint density at radius 3 is 2.82 bits per heavy atom. The van der Waals surface area contributed by atoms with E-state index in [0.29, 0.717) is 0 Å². The molecule has 0 spiro atoms. The van der Waals surface area contributed by atoms with Crippen molar-refractivity contribution in [1.82, 2.24) is 5.43 Å². The second-order valence-electron chi connectivity index (χ2n) is 3.08. The Morgan fingerprint density at radius 1 is 1.47 bits per heavy atom. The van der Waals surface area contributed by atoms with Crippen LogP contribution in [0.5, 0.6) is 0 Å². The van der Waals surface area contributed by atoms with Crippen LogP contribution in [0.4, 0.5) is 0 Å². The minimum absolute atomic E-state index is 0.167. The van der Waals surface area contributed by atoms with E-state index in [1.54, 1.807) is 18.3 Å². The second-order valence-corrected chi connectivity index (χ2v) is 4.28. The van der Waals surface area contributed by atoms with Crippen LogP contribution < -0.4 is 5.43 Å². The summed E-state index contributed by atoms with van der Waals surface area (Å²) in [6, 6.07) is 3.91. The van der Waals surface area contributed by atoms with Crippen molar-refractivity contribution in [3.63, 3.8) is 0 Å². The molecule has 0 bridgehead atoms. The standard InChI is InChI=1S/C11H14N2O3S/c1-3-8-5-6-9(17-8)7-12-13-10(14)11(15)16-4-2/h5-7H,3-4H2,1-2H3,(H,13,14)/b12-7-. The Balaban J connectivity index is 2.44. The number of aryl methyl sites for hydroxylation is 1. The fraction of sp³-hybridized carbons (Fsp3) is 0.364. The van der Waals surface area contributed by atoms with E-state index in [1.165, 1.54) is 11.1 Å². The first-order valence-corrected chi connectivity index (χ1v) is 6.07. The summed E-state index contributed by atoms with van der Waals surface area (Å²) in [6.07, 6.45) is 2.47. The lowest BCUT2D eigenvalue weighted by atomic mass is 10.4. The molecule has 0 saturated heterocycles. The van der Waals surface area contributed by atoms with Gasteiger partial charge in [0, 0.05) is 9.75 Å². The lowest BCUT2D eigenvalue weighted by Gasteiger charge is -1.98. The van der Waals surface area contributed by atoms with Crippen LogP contribution in [0.15, 0.2) is 17.2 Å². The average molecular weight is 254 g/mol. The summed E-state index contributed by atoms with van der Waals surface area (Å²) in [5.74, 6) is -1.79. The minimum Gasteiger partial charge on any atom is -0.459 e. The number of hydrogen-bond donors (Lipinski definition) is 1. The first-order chi connectivity index (χ1) is 8.17. The molecule has 0 aliphatic heterocycles. The highest BCUT2D eigenvalue weighted by Crippen LogP contribution is 2.14. The highest BCUT2D eigenvalue weighted by Gasteiger charge is 2.12. The summed E-state index contributed by atoms with van der Waals surface area (Å²) in [5.41, 5.74) is 2.11. The number of rotatable bonds is 4. The fourth-order valence-electron chi connectivity index (χ4n) is 1.05. The number of amides is 1. The van der Waals surface area contributed by atoms with Crippen LogP contribution in [0.2, 0.25) is 0 Å². The van der Waals surface area contributed by atoms with E-state index in [9.17, 15) is 9.59 Å². The highest BCUT2D eigenvalue weighted by atomic mass is 32.1. The van der Waals surface area contributed by atoms with Crippen LogP contribution in [0, 0.1) is 0 Å². The van der Waals surface area contributed by atoms with Crippen LogP contribution in [-0.2, 0) is 20.7 Å². The van der Waals surface area contributed by atoms with Gasteiger partial charge in [-0.25, -0.2) is 10.2 Å². The SMILES string of the molecule is CCOC(=O)C(=O)N/N=C\c1ccc(CC)s1. The van der Waals surface area contributed by atoms with Gasteiger partial charge >= 0.3 is 11.9 Å². The molecule has 1 aromatic rings. The van der Waals surface area contributed by atoms with Crippen molar-refractivity contribution in [3.05, 3.63) is 21.9 Å². The number of hydrogen-bond acceptors (Lipinski definition) is 5. The van der Waals surface area contributed by atoms with E-state index in [-0.39, 0.29) is 6.61 Å². The maximum atomic E-state index is 11.1. The van der Waals surface area contributed by atoms with Gasteiger partial charge in [-0.1, -0.05) is 6.92 Å². The molecule has 5 nitrogen and oxygen atoms in total. The molecule has 0 aliphatic carbocycles. The molecule has 1 aromatic heterocycles. The Hall–Kier alpha value is -1.69. The largest absolute Gasteiger partial charge is 0.459 e. The van der Waals surface area contributed by atoms with Gasteiger partial charge in [-0.2, -0.15) is 5.10 Å². The van der Waals surface area contributed by atoms with Gasteiger partial charge in [-0.05, 0) is 25.5 Å². The van der Waals surface area contributed by atoms with Gasteiger partial charge in [-0.3, -0.25) is 4.79 Å². The molecule has 0 unspecified atom stereocenters. The molecule has 1 heterocycles. The first kappa shape index (κ1) is 13.4. The maximum Gasteiger partial charge on any atom is 0.398 e. The third kappa shape index (κ3) is 4.36. The number of nitrogens with one attached hydrogen (secondary N) is 1. The van der Waals surface area contributed by atoms with E-state index in [2.05, 4.69) is 22.2 Å². The average Bonchev–Trinajstić information content (AvgIpc) is 2.77. The number of ether oxygens (including phenoxy) is 1. The minimum atomic E-state index is -0.926. The molecule has 92 valence electrons. The van der Waals surface area contributed by atoms with E-state index < -0.39 is 11.9 Å². The summed E-state index contributed by atoms with van der Waals surface area (Å²) < 4.78 is 4.51. The van der Waals surface area contributed by atoms with Crippen LogP contribution in [-0.4, -0.2) is 24.7 Å². The normalized spacial score (nSPS) is 10.5. The molecule has 1 amide bonds. The monoisotopic (exact) mass is 254 g/mol. The van der Waals surface area contributed by atoms with Gasteiger partial charge in [0.25, 0.3) is 0 Å². The highest BCUT2D eigenvalue weighted by molar-refractivity contribution is 7.13. The Kier molecular flexibility index (Phi) is 5.35. The molecule has 0 aromatic carbocycles. The first-order valence-electron chi connectivity index (χ1n) is 5.26. The van der Waals surface area contributed by atoms with Crippen LogP contribution in [0.1, 0.15) is 23.6 Å². The van der Waals surface area contributed by atoms with Gasteiger partial charge in [0.05, 0.1) is 12.8 Å². The molecule has 0 radical (unpaired) electrons. The van der Waals surface area contributed by atoms with E-state index in [1.807, 2.05) is 12.1 Å². The third-order valence-corrected chi connectivity index (χ3v) is 3.01. The van der Waals surface area contributed by atoms with Crippen LogP contribution in [0.25, 0.3) is 0 Å². The zero-order valence-corrected chi connectivity index (χ0v) is 10.5. The zero-order valence-electron chi connectivity index (χ0n) is 9.73. The number of esters is 1. The maximum absolute atomic E-state index is 11.1. The number of carbonyl (C=O) groups excluding carboxylic acids is 2. The predicted octanol–water partition coefficient (Wildman–Crippen LogP) is 1.32.